The summed E-state index contributed by atoms with van der Waals surface area (Å²) in [5.74, 6) is 0.836. The van der Waals surface area contributed by atoms with Crippen LogP contribution in [0, 0.1) is 6.92 Å². The summed E-state index contributed by atoms with van der Waals surface area (Å²) in [6.45, 7) is 7.73. The molecule has 2 rings (SSSR count). The molecule has 1 aromatic carbocycles. The van der Waals surface area contributed by atoms with Gasteiger partial charge < -0.3 is 9.64 Å². The van der Waals surface area contributed by atoms with Gasteiger partial charge >= 0.3 is 0 Å². The third-order valence-corrected chi connectivity index (χ3v) is 4.09. The molecule has 0 bridgehead atoms. The molecule has 0 fully saturated rings. The maximum Gasteiger partial charge on any atom is 0.273 e. The number of aryl methyl sites for hydroxylation is 1. The zero-order chi connectivity index (χ0) is 15.2. The van der Waals surface area contributed by atoms with Crippen molar-refractivity contribution in [2.75, 3.05) is 13.1 Å². The van der Waals surface area contributed by atoms with Gasteiger partial charge in [0.05, 0.1) is 0 Å². The van der Waals surface area contributed by atoms with Crippen LogP contribution in [0.4, 0.5) is 0 Å². The maximum atomic E-state index is 12.2. The Balaban J connectivity index is 2.00. The maximum absolute atomic E-state index is 12.2. The first-order valence-electron chi connectivity index (χ1n) is 7.07. The van der Waals surface area contributed by atoms with Crippen molar-refractivity contribution in [1.82, 2.24) is 9.88 Å². The quantitative estimate of drug-likeness (QED) is 0.820. The van der Waals surface area contributed by atoms with Crippen LogP contribution in [0.25, 0.3) is 0 Å². The highest BCUT2D eigenvalue weighted by atomic mass is 32.1. The van der Waals surface area contributed by atoms with Gasteiger partial charge in [-0.1, -0.05) is 18.2 Å². The van der Waals surface area contributed by atoms with E-state index in [1.165, 1.54) is 11.3 Å². The lowest BCUT2D eigenvalue weighted by Gasteiger charge is -2.16. The number of hydrogen-bond acceptors (Lipinski definition) is 4. The number of carbonyl (C=O) groups is 1. The predicted molar refractivity (Wildman–Crippen MR) is 84.9 cm³/mol. The molecular weight excluding hydrogens is 284 g/mol. The van der Waals surface area contributed by atoms with Crippen LogP contribution in [0.15, 0.2) is 29.6 Å². The SMILES string of the molecule is CCN(CC)C(=O)c1csc(COc2ccccc2C)n1. The summed E-state index contributed by atoms with van der Waals surface area (Å²) < 4.78 is 5.75. The molecule has 4 nitrogen and oxygen atoms in total. The molecule has 2 aromatic rings. The Morgan fingerprint density at radius 3 is 2.67 bits per heavy atom. The second kappa shape index (κ2) is 7.22. The van der Waals surface area contributed by atoms with Crippen LogP contribution in [0.3, 0.4) is 0 Å². The minimum atomic E-state index is -0.0154. The van der Waals surface area contributed by atoms with Gasteiger partial charge in [-0.15, -0.1) is 11.3 Å². The molecule has 5 heteroatoms. The zero-order valence-corrected chi connectivity index (χ0v) is 13.4. The van der Waals surface area contributed by atoms with Crippen molar-refractivity contribution in [1.29, 1.82) is 0 Å². The number of aromatic nitrogens is 1. The van der Waals surface area contributed by atoms with Crippen LogP contribution in [0.1, 0.15) is 34.9 Å². The monoisotopic (exact) mass is 304 g/mol. The Kier molecular flexibility index (Phi) is 5.33. The van der Waals surface area contributed by atoms with E-state index in [-0.39, 0.29) is 5.91 Å². The van der Waals surface area contributed by atoms with Crippen molar-refractivity contribution in [2.45, 2.75) is 27.4 Å². The Labute approximate surface area is 129 Å². The third-order valence-electron chi connectivity index (χ3n) is 3.27. The van der Waals surface area contributed by atoms with Crippen molar-refractivity contribution in [3.8, 4) is 5.75 Å². The van der Waals surface area contributed by atoms with Crippen LogP contribution in [0.5, 0.6) is 5.75 Å². The van der Waals surface area contributed by atoms with E-state index in [0.717, 1.165) is 16.3 Å². The lowest BCUT2D eigenvalue weighted by molar-refractivity contribution is 0.0767. The van der Waals surface area contributed by atoms with Crippen LogP contribution < -0.4 is 4.74 Å². The highest BCUT2D eigenvalue weighted by molar-refractivity contribution is 7.09. The highest BCUT2D eigenvalue weighted by Crippen LogP contribution is 2.19. The van der Waals surface area contributed by atoms with E-state index < -0.39 is 0 Å². The molecule has 1 heterocycles. The fourth-order valence-corrected chi connectivity index (χ4v) is 2.69. The van der Waals surface area contributed by atoms with Crippen LogP contribution in [-0.4, -0.2) is 28.9 Å². The molecule has 112 valence electrons. The number of benzene rings is 1. The molecule has 0 saturated carbocycles. The summed E-state index contributed by atoms with van der Waals surface area (Å²) in [4.78, 5) is 18.3. The molecule has 1 aromatic heterocycles. The van der Waals surface area contributed by atoms with E-state index in [0.29, 0.717) is 25.4 Å². The smallest absolute Gasteiger partial charge is 0.273 e. The number of rotatable bonds is 6. The van der Waals surface area contributed by atoms with Crippen LogP contribution in [-0.2, 0) is 6.61 Å². The topological polar surface area (TPSA) is 42.4 Å². The Morgan fingerprint density at radius 1 is 1.29 bits per heavy atom. The van der Waals surface area contributed by atoms with E-state index in [2.05, 4.69) is 4.98 Å². The third kappa shape index (κ3) is 3.82. The molecule has 0 saturated heterocycles. The molecule has 1 amide bonds. The van der Waals surface area contributed by atoms with Gasteiger partial charge in [-0.05, 0) is 32.4 Å². The van der Waals surface area contributed by atoms with Gasteiger partial charge in [0.2, 0.25) is 0 Å². The largest absolute Gasteiger partial charge is 0.486 e. The lowest BCUT2D eigenvalue weighted by atomic mass is 10.2. The molecule has 0 aliphatic rings. The predicted octanol–water partition coefficient (Wildman–Crippen LogP) is 3.51. The summed E-state index contributed by atoms with van der Waals surface area (Å²) in [6.07, 6.45) is 0. The van der Waals surface area contributed by atoms with Gasteiger partial charge in [0.25, 0.3) is 5.91 Å². The molecule has 0 aliphatic heterocycles. The minimum Gasteiger partial charge on any atom is -0.486 e. The Hall–Kier alpha value is -1.88. The summed E-state index contributed by atoms with van der Waals surface area (Å²) in [5.41, 5.74) is 1.60. The van der Waals surface area contributed by atoms with Gasteiger partial charge in [-0.25, -0.2) is 4.98 Å². The van der Waals surface area contributed by atoms with E-state index >= 15 is 0 Å². The molecule has 0 aliphatic carbocycles. The Morgan fingerprint density at radius 2 is 2.00 bits per heavy atom. The first-order chi connectivity index (χ1) is 10.2. The molecule has 21 heavy (non-hydrogen) atoms. The summed E-state index contributed by atoms with van der Waals surface area (Å²) in [7, 11) is 0. The average molecular weight is 304 g/mol. The van der Waals surface area contributed by atoms with E-state index in [9.17, 15) is 4.79 Å². The van der Waals surface area contributed by atoms with E-state index in [1.54, 1.807) is 10.3 Å². The second-order valence-electron chi connectivity index (χ2n) is 4.66. The van der Waals surface area contributed by atoms with Gasteiger partial charge in [-0.2, -0.15) is 0 Å². The van der Waals surface area contributed by atoms with Crippen molar-refractivity contribution >= 4 is 17.2 Å². The molecule has 0 spiro atoms. The zero-order valence-electron chi connectivity index (χ0n) is 12.6. The number of carbonyl (C=O) groups excluding carboxylic acids is 1. The van der Waals surface area contributed by atoms with E-state index in [4.69, 9.17) is 4.74 Å². The van der Waals surface area contributed by atoms with Crippen LogP contribution >= 0.6 is 11.3 Å². The summed E-state index contributed by atoms with van der Waals surface area (Å²) in [5, 5.41) is 2.62. The second-order valence-corrected chi connectivity index (χ2v) is 5.60. The van der Waals surface area contributed by atoms with Crippen molar-refractivity contribution in [3.63, 3.8) is 0 Å². The number of para-hydroxylation sites is 1. The molecular formula is C16H20N2O2S. The fraction of sp³-hybridized carbons (Fsp3) is 0.375. The van der Waals surface area contributed by atoms with Crippen molar-refractivity contribution in [2.24, 2.45) is 0 Å². The number of thiazole rings is 1. The lowest BCUT2D eigenvalue weighted by Crippen LogP contribution is -2.30. The van der Waals surface area contributed by atoms with Crippen molar-refractivity contribution < 1.29 is 9.53 Å². The number of ether oxygens (including phenoxy) is 1. The summed E-state index contributed by atoms with van der Waals surface area (Å²) in [6, 6.07) is 7.86. The molecule has 0 N–H and O–H groups in total. The Bertz CT molecular complexity index is 606. The molecule has 0 radical (unpaired) electrons. The van der Waals surface area contributed by atoms with E-state index in [1.807, 2.05) is 45.0 Å². The van der Waals surface area contributed by atoms with Gasteiger partial charge in [-0.3, -0.25) is 4.79 Å². The average Bonchev–Trinajstić information content (AvgIpc) is 2.96. The number of nitrogens with zero attached hydrogens (tertiary/aromatic N) is 2. The van der Waals surface area contributed by atoms with Gasteiger partial charge in [0.1, 0.15) is 23.1 Å². The summed E-state index contributed by atoms with van der Waals surface area (Å²) >= 11 is 1.46. The van der Waals surface area contributed by atoms with Gasteiger partial charge in [0, 0.05) is 18.5 Å². The molecule has 0 atom stereocenters. The van der Waals surface area contributed by atoms with Crippen molar-refractivity contribution in [3.05, 3.63) is 45.9 Å². The highest BCUT2D eigenvalue weighted by Gasteiger charge is 2.16. The number of amides is 1. The standard InChI is InChI=1S/C16H20N2O2S/c1-4-18(5-2)16(19)13-11-21-15(17-13)10-20-14-9-7-6-8-12(14)3/h6-9,11H,4-5,10H2,1-3H3. The first-order valence-corrected chi connectivity index (χ1v) is 7.95. The fourth-order valence-electron chi connectivity index (χ4n) is 2.01. The van der Waals surface area contributed by atoms with Gasteiger partial charge in [0.15, 0.2) is 0 Å². The minimum absolute atomic E-state index is 0.0154. The normalized spacial score (nSPS) is 10.4. The molecule has 0 unspecified atom stereocenters. The number of hydrogen-bond donors (Lipinski definition) is 0. The first kappa shape index (κ1) is 15.5. The van der Waals surface area contributed by atoms with Crippen LogP contribution in [0.2, 0.25) is 0 Å².